The molecule has 2 N–H and O–H groups in total. The van der Waals surface area contributed by atoms with E-state index in [1.165, 1.54) is 11.3 Å². The molecule has 0 radical (unpaired) electrons. The third kappa shape index (κ3) is 4.40. The highest BCUT2D eigenvalue weighted by Crippen LogP contribution is 2.29. The van der Waals surface area contributed by atoms with Crippen LogP contribution in [0.5, 0.6) is 0 Å². The molecule has 0 aliphatic heterocycles. The van der Waals surface area contributed by atoms with Gasteiger partial charge in [0.05, 0.1) is 17.7 Å². The summed E-state index contributed by atoms with van der Waals surface area (Å²) < 4.78 is 3.49. The number of carbonyl (C=O) groups is 1. The van der Waals surface area contributed by atoms with Gasteiger partial charge in [0.2, 0.25) is 3.79 Å². The summed E-state index contributed by atoms with van der Waals surface area (Å²) in [6.45, 7) is 0.330. The molecule has 1 amide bonds. The zero-order valence-electron chi connectivity index (χ0n) is 10.1. The maximum absolute atomic E-state index is 12.0. The normalized spacial score (nSPS) is 13.2. The van der Waals surface area contributed by atoms with Crippen LogP contribution in [0.4, 0.5) is 0 Å². The summed E-state index contributed by atoms with van der Waals surface area (Å²) in [5.74, 6) is 0.373. The number of hydrogen-bond donors (Lipinski definition) is 2. The minimum absolute atomic E-state index is 0.303. The van der Waals surface area contributed by atoms with Crippen LogP contribution >= 0.6 is 46.1 Å². The molecule has 20 heavy (non-hydrogen) atoms. The molecular formula is C12H11Cl3N2O2S. The van der Waals surface area contributed by atoms with Gasteiger partial charge in [0.25, 0.3) is 5.91 Å². The number of alkyl halides is 3. The Morgan fingerprint density at radius 2 is 2.15 bits per heavy atom. The largest absolute Gasteiger partial charge is 0.468 e. The lowest BCUT2D eigenvalue weighted by Gasteiger charge is -2.26. The standard InChI is InChI=1S/C12H11Cl3N2O2S/c13-12(14,15)11(16-7-8-3-1-5-19-8)17-10(18)9-4-2-6-20-9/h1-6,11,16H,7H2,(H,17,18). The van der Waals surface area contributed by atoms with Crippen molar-refractivity contribution in [1.82, 2.24) is 10.6 Å². The molecule has 0 fully saturated rings. The first-order valence-electron chi connectivity index (χ1n) is 5.63. The number of nitrogens with one attached hydrogen (secondary N) is 2. The lowest BCUT2D eigenvalue weighted by Crippen LogP contribution is -2.52. The lowest BCUT2D eigenvalue weighted by molar-refractivity contribution is 0.0932. The van der Waals surface area contributed by atoms with E-state index in [0.29, 0.717) is 17.2 Å². The van der Waals surface area contributed by atoms with E-state index >= 15 is 0 Å². The number of carbonyl (C=O) groups excluding carboxylic acids is 1. The number of thiophene rings is 1. The molecular weight excluding hydrogens is 343 g/mol. The summed E-state index contributed by atoms with van der Waals surface area (Å²) in [7, 11) is 0. The van der Waals surface area contributed by atoms with Crippen LogP contribution in [-0.2, 0) is 6.54 Å². The minimum atomic E-state index is -1.68. The van der Waals surface area contributed by atoms with Gasteiger partial charge < -0.3 is 9.73 Å². The smallest absolute Gasteiger partial charge is 0.262 e. The number of furan rings is 1. The van der Waals surface area contributed by atoms with Crippen LogP contribution in [0.25, 0.3) is 0 Å². The molecule has 2 aromatic heterocycles. The predicted octanol–water partition coefficient (Wildman–Crippen LogP) is 3.56. The number of hydrogen-bond acceptors (Lipinski definition) is 4. The topological polar surface area (TPSA) is 54.3 Å². The Balaban J connectivity index is 1.99. The molecule has 2 aromatic rings. The molecule has 0 aliphatic rings. The van der Waals surface area contributed by atoms with Crippen molar-refractivity contribution in [2.24, 2.45) is 0 Å². The van der Waals surface area contributed by atoms with Crippen LogP contribution < -0.4 is 10.6 Å². The van der Waals surface area contributed by atoms with Gasteiger partial charge in [-0.05, 0) is 23.6 Å². The Kier molecular flexibility index (Phi) is 5.35. The van der Waals surface area contributed by atoms with Crippen LogP contribution in [-0.4, -0.2) is 15.9 Å². The van der Waals surface area contributed by atoms with Crippen LogP contribution in [0.3, 0.4) is 0 Å². The van der Waals surface area contributed by atoms with E-state index in [-0.39, 0.29) is 5.91 Å². The molecule has 0 aliphatic carbocycles. The second kappa shape index (κ2) is 6.83. The summed E-state index contributed by atoms with van der Waals surface area (Å²) in [5.41, 5.74) is 0. The minimum Gasteiger partial charge on any atom is -0.468 e. The Labute approximate surface area is 135 Å². The first-order valence-corrected chi connectivity index (χ1v) is 7.65. The maximum atomic E-state index is 12.0. The second-order valence-electron chi connectivity index (χ2n) is 3.89. The summed E-state index contributed by atoms with van der Waals surface area (Å²) in [6.07, 6.45) is 0.707. The molecule has 1 unspecified atom stereocenters. The quantitative estimate of drug-likeness (QED) is 0.638. The molecule has 0 bridgehead atoms. The molecule has 4 nitrogen and oxygen atoms in total. The Morgan fingerprint density at radius 3 is 2.70 bits per heavy atom. The molecule has 0 saturated heterocycles. The summed E-state index contributed by atoms with van der Waals surface area (Å²) in [4.78, 5) is 12.5. The van der Waals surface area contributed by atoms with Crippen LogP contribution in [0, 0.1) is 0 Å². The van der Waals surface area contributed by atoms with Gasteiger partial charge in [-0.25, -0.2) is 0 Å². The van der Waals surface area contributed by atoms with Crippen molar-refractivity contribution < 1.29 is 9.21 Å². The van der Waals surface area contributed by atoms with Crippen molar-refractivity contribution in [3.05, 3.63) is 46.5 Å². The summed E-state index contributed by atoms with van der Waals surface area (Å²) >= 11 is 18.9. The highest BCUT2D eigenvalue weighted by Gasteiger charge is 2.34. The summed E-state index contributed by atoms with van der Waals surface area (Å²) in [6, 6.07) is 7.01. The Morgan fingerprint density at radius 1 is 1.35 bits per heavy atom. The molecule has 108 valence electrons. The zero-order chi connectivity index (χ0) is 14.6. The summed E-state index contributed by atoms with van der Waals surface area (Å²) in [5, 5.41) is 7.38. The number of rotatable bonds is 5. The molecule has 1 atom stereocenters. The Hall–Kier alpha value is -0.720. The SMILES string of the molecule is O=C(NC(NCc1ccco1)C(Cl)(Cl)Cl)c1cccs1. The van der Waals surface area contributed by atoms with E-state index in [2.05, 4.69) is 10.6 Å². The maximum Gasteiger partial charge on any atom is 0.262 e. The predicted molar refractivity (Wildman–Crippen MR) is 81.4 cm³/mol. The first kappa shape index (κ1) is 15.7. The molecule has 8 heteroatoms. The van der Waals surface area contributed by atoms with Gasteiger partial charge in [0.1, 0.15) is 11.9 Å². The van der Waals surface area contributed by atoms with E-state index in [4.69, 9.17) is 39.2 Å². The molecule has 0 aromatic carbocycles. The van der Waals surface area contributed by atoms with Crippen LogP contribution in [0.2, 0.25) is 0 Å². The van der Waals surface area contributed by atoms with Gasteiger partial charge in [-0.2, -0.15) is 0 Å². The van der Waals surface area contributed by atoms with Gasteiger partial charge >= 0.3 is 0 Å². The van der Waals surface area contributed by atoms with Gasteiger partial charge in [-0.1, -0.05) is 40.9 Å². The van der Waals surface area contributed by atoms with Crippen molar-refractivity contribution in [2.45, 2.75) is 16.5 Å². The van der Waals surface area contributed by atoms with Gasteiger partial charge in [-0.3, -0.25) is 10.1 Å². The van der Waals surface area contributed by atoms with Crippen LogP contribution in [0.15, 0.2) is 40.3 Å². The van der Waals surface area contributed by atoms with Crippen molar-refractivity contribution in [3.8, 4) is 0 Å². The number of halogens is 3. The van der Waals surface area contributed by atoms with E-state index in [9.17, 15) is 4.79 Å². The molecule has 2 heterocycles. The molecule has 0 spiro atoms. The third-order valence-electron chi connectivity index (χ3n) is 2.41. The average molecular weight is 354 g/mol. The Bertz CT molecular complexity index is 538. The fourth-order valence-electron chi connectivity index (χ4n) is 1.47. The van der Waals surface area contributed by atoms with Gasteiger partial charge in [0, 0.05) is 0 Å². The third-order valence-corrected chi connectivity index (χ3v) is 3.93. The van der Waals surface area contributed by atoms with E-state index in [1.54, 1.807) is 35.9 Å². The number of amides is 1. The van der Waals surface area contributed by atoms with E-state index < -0.39 is 9.96 Å². The van der Waals surface area contributed by atoms with Gasteiger partial charge in [-0.15, -0.1) is 11.3 Å². The van der Waals surface area contributed by atoms with Crippen molar-refractivity contribution in [3.63, 3.8) is 0 Å². The zero-order valence-corrected chi connectivity index (χ0v) is 13.2. The average Bonchev–Trinajstić information content (AvgIpc) is 3.04. The molecule has 0 saturated carbocycles. The monoisotopic (exact) mass is 352 g/mol. The van der Waals surface area contributed by atoms with Gasteiger partial charge in [0.15, 0.2) is 0 Å². The highest BCUT2D eigenvalue weighted by molar-refractivity contribution is 7.12. The first-order chi connectivity index (χ1) is 9.47. The van der Waals surface area contributed by atoms with Crippen molar-refractivity contribution >= 4 is 52.0 Å². The fourth-order valence-corrected chi connectivity index (χ4v) is 2.50. The highest BCUT2D eigenvalue weighted by atomic mass is 35.6. The van der Waals surface area contributed by atoms with Crippen molar-refractivity contribution in [1.29, 1.82) is 0 Å². The van der Waals surface area contributed by atoms with Crippen LogP contribution in [0.1, 0.15) is 15.4 Å². The fraction of sp³-hybridized carbons (Fsp3) is 0.250. The van der Waals surface area contributed by atoms with Crippen molar-refractivity contribution in [2.75, 3.05) is 0 Å². The lowest BCUT2D eigenvalue weighted by atomic mass is 10.4. The van der Waals surface area contributed by atoms with E-state index in [0.717, 1.165) is 0 Å². The second-order valence-corrected chi connectivity index (χ2v) is 7.20. The molecule has 2 rings (SSSR count). The van der Waals surface area contributed by atoms with E-state index in [1.807, 2.05) is 0 Å².